The van der Waals surface area contributed by atoms with Crippen LogP contribution in [0.3, 0.4) is 0 Å². The van der Waals surface area contributed by atoms with Gasteiger partial charge in [-0.05, 0) is 13.3 Å². The molecule has 0 aromatic rings. The molecule has 15 heavy (non-hydrogen) atoms. The standard InChI is InChI=1S/C11H20N2O2/c1-4-5-8(2)11(15)13(3)9-6-12-7-10(9)14/h5,9-10,12,14H,4,6-7H2,1-3H3/b8-5+. The van der Waals surface area contributed by atoms with Gasteiger partial charge < -0.3 is 15.3 Å². The molecular weight excluding hydrogens is 192 g/mol. The van der Waals surface area contributed by atoms with Crippen LogP contribution in [0.5, 0.6) is 0 Å². The van der Waals surface area contributed by atoms with Crippen LogP contribution in [0.4, 0.5) is 0 Å². The highest BCUT2D eigenvalue weighted by Gasteiger charge is 2.31. The highest BCUT2D eigenvalue weighted by atomic mass is 16.3. The van der Waals surface area contributed by atoms with Crippen molar-refractivity contribution < 1.29 is 9.90 Å². The first-order valence-electron chi connectivity index (χ1n) is 5.40. The van der Waals surface area contributed by atoms with Gasteiger partial charge in [0.2, 0.25) is 5.91 Å². The van der Waals surface area contributed by atoms with E-state index in [4.69, 9.17) is 0 Å². The van der Waals surface area contributed by atoms with Crippen LogP contribution in [-0.4, -0.2) is 48.2 Å². The molecule has 1 amide bonds. The molecule has 0 spiro atoms. The van der Waals surface area contributed by atoms with E-state index < -0.39 is 6.10 Å². The second kappa shape index (κ2) is 5.28. The zero-order valence-corrected chi connectivity index (χ0v) is 9.66. The number of rotatable bonds is 3. The van der Waals surface area contributed by atoms with Gasteiger partial charge in [-0.25, -0.2) is 0 Å². The van der Waals surface area contributed by atoms with Crippen molar-refractivity contribution >= 4 is 5.91 Å². The van der Waals surface area contributed by atoms with Crippen LogP contribution in [0, 0.1) is 0 Å². The first-order chi connectivity index (χ1) is 7.07. The maximum atomic E-state index is 11.9. The van der Waals surface area contributed by atoms with E-state index in [0.29, 0.717) is 13.1 Å². The number of aliphatic hydroxyl groups excluding tert-OH is 1. The molecule has 0 saturated carbocycles. The van der Waals surface area contributed by atoms with Crippen LogP contribution in [0.25, 0.3) is 0 Å². The number of allylic oxidation sites excluding steroid dienone is 1. The Bertz CT molecular complexity index is 263. The fourth-order valence-corrected chi connectivity index (χ4v) is 1.87. The van der Waals surface area contributed by atoms with Gasteiger partial charge in [-0.3, -0.25) is 4.79 Å². The molecule has 4 nitrogen and oxygen atoms in total. The van der Waals surface area contributed by atoms with Gasteiger partial charge in [0.15, 0.2) is 0 Å². The minimum atomic E-state index is -0.451. The Morgan fingerprint density at radius 3 is 2.73 bits per heavy atom. The average Bonchev–Trinajstić information content (AvgIpc) is 2.62. The Morgan fingerprint density at radius 2 is 2.27 bits per heavy atom. The summed E-state index contributed by atoms with van der Waals surface area (Å²) in [6, 6.07) is -0.0993. The molecule has 86 valence electrons. The van der Waals surface area contributed by atoms with Crippen molar-refractivity contribution in [2.45, 2.75) is 32.4 Å². The zero-order chi connectivity index (χ0) is 11.4. The molecule has 1 aliphatic rings. The maximum Gasteiger partial charge on any atom is 0.249 e. The summed E-state index contributed by atoms with van der Waals surface area (Å²) in [6.45, 7) is 5.06. The summed E-state index contributed by atoms with van der Waals surface area (Å²) in [4.78, 5) is 13.5. The average molecular weight is 212 g/mol. The van der Waals surface area contributed by atoms with E-state index in [1.807, 2.05) is 19.9 Å². The third-order valence-corrected chi connectivity index (χ3v) is 2.82. The van der Waals surface area contributed by atoms with Gasteiger partial charge in [0, 0.05) is 25.7 Å². The Hall–Kier alpha value is -0.870. The number of nitrogens with one attached hydrogen (secondary N) is 1. The van der Waals surface area contributed by atoms with E-state index in [-0.39, 0.29) is 11.9 Å². The number of amides is 1. The predicted molar refractivity (Wildman–Crippen MR) is 59.5 cm³/mol. The predicted octanol–water partition coefficient (Wildman–Crippen LogP) is 0.134. The monoisotopic (exact) mass is 212 g/mol. The molecule has 4 heteroatoms. The molecule has 1 heterocycles. The third kappa shape index (κ3) is 2.79. The van der Waals surface area contributed by atoms with Crippen molar-refractivity contribution in [3.05, 3.63) is 11.6 Å². The van der Waals surface area contributed by atoms with E-state index in [2.05, 4.69) is 5.32 Å². The lowest BCUT2D eigenvalue weighted by molar-refractivity contribution is -0.129. The summed E-state index contributed by atoms with van der Waals surface area (Å²) >= 11 is 0. The quantitative estimate of drug-likeness (QED) is 0.654. The Morgan fingerprint density at radius 1 is 1.60 bits per heavy atom. The summed E-state index contributed by atoms with van der Waals surface area (Å²) in [5, 5.41) is 12.7. The van der Waals surface area contributed by atoms with Crippen LogP contribution in [-0.2, 0) is 4.79 Å². The number of hydrogen-bond donors (Lipinski definition) is 2. The lowest BCUT2D eigenvalue weighted by Crippen LogP contribution is -2.44. The second-order valence-electron chi connectivity index (χ2n) is 4.00. The van der Waals surface area contributed by atoms with E-state index in [1.54, 1.807) is 11.9 Å². The smallest absolute Gasteiger partial charge is 0.249 e. The number of aliphatic hydroxyl groups is 1. The van der Waals surface area contributed by atoms with E-state index in [1.165, 1.54) is 0 Å². The largest absolute Gasteiger partial charge is 0.390 e. The van der Waals surface area contributed by atoms with Gasteiger partial charge in [-0.2, -0.15) is 0 Å². The van der Waals surface area contributed by atoms with Gasteiger partial charge in [0.25, 0.3) is 0 Å². The molecular formula is C11H20N2O2. The molecule has 1 fully saturated rings. The molecule has 0 bridgehead atoms. The molecule has 2 N–H and O–H groups in total. The molecule has 2 unspecified atom stereocenters. The van der Waals surface area contributed by atoms with E-state index in [9.17, 15) is 9.90 Å². The SMILES string of the molecule is CC/C=C(\C)C(=O)N(C)C1CNCC1O. The van der Waals surface area contributed by atoms with Crippen molar-refractivity contribution in [3.8, 4) is 0 Å². The van der Waals surface area contributed by atoms with Crippen LogP contribution in [0.15, 0.2) is 11.6 Å². The molecule has 1 saturated heterocycles. The summed E-state index contributed by atoms with van der Waals surface area (Å²) < 4.78 is 0. The van der Waals surface area contributed by atoms with Crippen LogP contribution in [0.1, 0.15) is 20.3 Å². The molecule has 0 aromatic heterocycles. The highest BCUT2D eigenvalue weighted by molar-refractivity contribution is 5.92. The van der Waals surface area contributed by atoms with Crippen molar-refractivity contribution in [3.63, 3.8) is 0 Å². The first-order valence-corrected chi connectivity index (χ1v) is 5.40. The number of nitrogens with zero attached hydrogens (tertiary/aromatic N) is 1. The lowest BCUT2D eigenvalue weighted by atomic mass is 10.1. The van der Waals surface area contributed by atoms with Gasteiger partial charge in [-0.15, -0.1) is 0 Å². The van der Waals surface area contributed by atoms with Crippen LogP contribution in [0.2, 0.25) is 0 Å². The number of carbonyl (C=O) groups is 1. The summed E-state index contributed by atoms with van der Waals surface area (Å²) in [6.07, 6.45) is 2.32. The minimum absolute atomic E-state index is 0.00426. The summed E-state index contributed by atoms with van der Waals surface area (Å²) in [5.74, 6) is 0.00426. The summed E-state index contributed by atoms with van der Waals surface area (Å²) in [7, 11) is 1.75. The molecule has 0 aliphatic carbocycles. The first kappa shape index (κ1) is 12.2. The maximum absolute atomic E-state index is 11.9. The zero-order valence-electron chi connectivity index (χ0n) is 9.66. The molecule has 1 aliphatic heterocycles. The lowest BCUT2D eigenvalue weighted by Gasteiger charge is -2.26. The van der Waals surface area contributed by atoms with Crippen LogP contribution >= 0.6 is 0 Å². The Kier molecular flexibility index (Phi) is 4.29. The fourth-order valence-electron chi connectivity index (χ4n) is 1.87. The van der Waals surface area contributed by atoms with Gasteiger partial charge in [0.05, 0.1) is 12.1 Å². The van der Waals surface area contributed by atoms with E-state index >= 15 is 0 Å². The number of hydrogen-bond acceptors (Lipinski definition) is 3. The second-order valence-corrected chi connectivity index (χ2v) is 4.00. The minimum Gasteiger partial charge on any atom is -0.390 e. The number of β-amino-alcohol motifs (C(OH)–C–C–N with tert-alkyl or cyclic N) is 1. The van der Waals surface area contributed by atoms with Gasteiger partial charge >= 0.3 is 0 Å². The number of likely N-dealkylation sites (N-methyl/N-ethyl adjacent to an activating group) is 1. The summed E-state index contributed by atoms with van der Waals surface area (Å²) in [5.41, 5.74) is 0.749. The number of carbonyl (C=O) groups excluding carboxylic acids is 1. The van der Waals surface area contributed by atoms with Gasteiger partial charge in [0.1, 0.15) is 0 Å². The highest BCUT2D eigenvalue weighted by Crippen LogP contribution is 2.11. The van der Waals surface area contributed by atoms with Gasteiger partial charge in [-0.1, -0.05) is 13.0 Å². The third-order valence-electron chi connectivity index (χ3n) is 2.82. The van der Waals surface area contributed by atoms with Crippen molar-refractivity contribution in [1.29, 1.82) is 0 Å². The molecule has 0 radical (unpaired) electrons. The Balaban J connectivity index is 2.63. The molecule has 2 atom stereocenters. The molecule has 0 aromatic carbocycles. The fraction of sp³-hybridized carbons (Fsp3) is 0.727. The van der Waals surface area contributed by atoms with Crippen molar-refractivity contribution in [2.75, 3.05) is 20.1 Å². The van der Waals surface area contributed by atoms with Crippen molar-refractivity contribution in [1.82, 2.24) is 10.2 Å². The van der Waals surface area contributed by atoms with E-state index in [0.717, 1.165) is 12.0 Å². The normalized spacial score (nSPS) is 26.8. The Labute approximate surface area is 91.0 Å². The van der Waals surface area contributed by atoms with Crippen LogP contribution < -0.4 is 5.32 Å². The molecule has 1 rings (SSSR count). The topological polar surface area (TPSA) is 52.6 Å². The van der Waals surface area contributed by atoms with Crippen molar-refractivity contribution in [2.24, 2.45) is 0 Å².